The third-order valence-electron chi connectivity index (χ3n) is 2.85. The van der Waals surface area contributed by atoms with Crippen molar-refractivity contribution < 1.29 is 9.15 Å². The lowest BCUT2D eigenvalue weighted by Crippen LogP contribution is -2.37. The molecule has 1 aromatic carbocycles. The average Bonchev–Trinajstić information content (AvgIpc) is 2.88. The Morgan fingerprint density at radius 2 is 1.95 bits per heavy atom. The van der Waals surface area contributed by atoms with Gasteiger partial charge < -0.3 is 14.5 Å². The molecule has 0 radical (unpaired) electrons. The molecular formula is C15H21N3O2. The summed E-state index contributed by atoms with van der Waals surface area (Å²) in [4.78, 5) is 0. The van der Waals surface area contributed by atoms with Crippen LogP contribution in [0.3, 0.4) is 0 Å². The predicted molar refractivity (Wildman–Crippen MR) is 77.1 cm³/mol. The van der Waals surface area contributed by atoms with E-state index >= 15 is 0 Å². The number of nitrogens with one attached hydrogen (secondary N) is 1. The first-order valence-corrected chi connectivity index (χ1v) is 6.83. The van der Waals surface area contributed by atoms with Gasteiger partial charge in [-0.25, -0.2) is 0 Å². The summed E-state index contributed by atoms with van der Waals surface area (Å²) in [6, 6.07) is 9.74. The van der Waals surface area contributed by atoms with Crippen LogP contribution in [-0.4, -0.2) is 29.0 Å². The highest BCUT2D eigenvalue weighted by molar-refractivity contribution is 5.51. The third kappa shape index (κ3) is 4.15. The van der Waals surface area contributed by atoms with Crippen molar-refractivity contribution in [3.05, 3.63) is 36.2 Å². The molecule has 5 heteroatoms. The van der Waals surface area contributed by atoms with Gasteiger partial charge in [0.15, 0.2) is 0 Å². The minimum Gasteiger partial charge on any atom is -0.419 e. The highest BCUT2D eigenvalue weighted by Crippen LogP contribution is 2.16. The third-order valence-corrected chi connectivity index (χ3v) is 2.85. The zero-order valence-corrected chi connectivity index (χ0v) is 12.2. The average molecular weight is 275 g/mol. The van der Waals surface area contributed by atoms with Gasteiger partial charge in [0.05, 0.1) is 12.1 Å². The Morgan fingerprint density at radius 1 is 1.20 bits per heavy atom. The Balaban J connectivity index is 1.88. The highest BCUT2D eigenvalue weighted by Gasteiger charge is 2.17. The van der Waals surface area contributed by atoms with E-state index in [1.807, 2.05) is 51.1 Å². The summed E-state index contributed by atoms with van der Waals surface area (Å²) < 4.78 is 11.2. The van der Waals surface area contributed by atoms with Gasteiger partial charge in [-0.2, -0.15) is 0 Å². The molecule has 0 bridgehead atoms. The number of hydrogen-bond acceptors (Lipinski definition) is 5. The fraction of sp³-hybridized carbons (Fsp3) is 0.467. The first-order valence-electron chi connectivity index (χ1n) is 6.83. The number of ether oxygens (including phenoxy) is 1. The van der Waals surface area contributed by atoms with E-state index in [0.29, 0.717) is 24.9 Å². The van der Waals surface area contributed by atoms with Crippen LogP contribution in [0.15, 0.2) is 34.7 Å². The molecule has 2 rings (SSSR count). The Hall–Kier alpha value is -1.72. The highest BCUT2D eigenvalue weighted by atomic mass is 16.5. The second-order valence-electron chi connectivity index (χ2n) is 5.16. The van der Waals surface area contributed by atoms with Gasteiger partial charge in [-0.1, -0.05) is 18.2 Å². The molecule has 0 saturated heterocycles. The van der Waals surface area contributed by atoms with E-state index in [1.165, 1.54) is 0 Å². The molecule has 1 heterocycles. The molecule has 1 N–H and O–H groups in total. The van der Waals surface area contributed by atoms with Crippen LogP contribution < -0.4 is 5.32 Å². The molecule has 0 fully saturated rings. The molecule has 0 spiro atoms. The van der Waals surface area contributed by atoms with Crippen LogP contribution in [0.1, 0.15) is 26.7 Å². The van der Waals surface area contributed by atoms with Gasteiger partial charge in [-0.05, 0) is 32.9 Å². The number of aromatic nitrogens is 2. The summed E-state index contributed by atoms with van der Waals surface area (Å²) in [7, 11) is 0. The normalized spacial score (nSPS) is 11.8. The number of hydrogen-bond donors (Lipinski definition) is 1. The number of nitrogens with zero attached hydrogens (tertiary/aromatic N) is 2. The zero-order chi connectivity index (χ0) is 14.4. The SMILES string of the molecule is CCOC(C)(C)CNCc1nnc(-c2ccccc2)o1. The van der Waals surface area contributed by atoms with Gasteiger partial charge in [-0.3, -0.25) is 0 Å². The summed E-state index contributed by atoms with van der Waals surface area (Å²) in [5.74, 6) is 1.13. The lowest BCUT2D eigenvalue weighted by atomic mass is 10.1. The van der Waals surface area contributed by atoms with Crippen LogP contribution in [-0.2, 0) is 11.3 Å². The van der Waals surface area contributed by atoms with Crippen molar-refractivity contribution >= 4 is 0 Å². The molecule has 0 aliphatic rings. The van der Waals surface area contributed by atoms with Crippen LogP contribution in [0.4, 0.5) is 0 Å². The van der Waals surface area contributed by atoms with Gasteiger partial charge in [0, 0.05) is 18.7 Å². The van der Waals surface area contributed by atoms with Gasteiger partial charge in [0.2, 0.25) is 11.8 Å². The molecule has 1 aromatic heterocycles. The summed E-state index contributed by atoms with van der Waals surface area (Å²) in [5.41, 5.74) is 0.734. The minimum atomic E-state index is -0.197. The van der Waals surface area contributed by atoms with Crippen molar-refractivity contribution in [1.29, 1.82) is 0 Å². The van der Waals surface area contributed by atoms with Crippen molar-refractivity contribution in [2.45, 2.75) is 32.9 Å². The number of rotatable bonds is 7. The van der Waals surface area contributed by atoms with Crippen molar-refractivity contribution in [3.63, 3.8) is 0 Å². The van der Waals surface area contributed by atoms with E-state index in [4.69, 9.17) is 9.15 Å². The molecule has 0 aliphatic carbocycles. The lowest BCUT2D eigenvalue weighted by molar-refractivity contribution is -0.00925. The Bertz CT molecular complexity index is 523. The maximum Gasteiger partial charge on any atom is 0.247 e. The monoisotopic (exact) mass is 275 g/mol. The maximum atomic E-state index is 5.62. The van der Waals surface area contributed by atoms with Crippen LogP contribution in [0.5, 0.6) is 0 Å². The van der Waals surface area contributed by atoms with E-state index in [2.05, 4.69) is 15.5 Å². The molecule has 0 saturated carbocycles. The molecular weight excluding hydrogens is 254 g/mol. The summed E-state index contributed by atoms with van der Waals surface area (Å²) in [6.07, 6.45) is 0. The second-order valence-corrected chi connectivity index (χ2v) is 5.16. The maximum absolute atomic E-state index is 5.62. The van der Waals surface area contributed by atoms with Crippen molar-refractivity contribution in [2.24, 2.45) is 0 Å². The standard InChI is InChI=1S/C15H21N3O2/c1-4-19-15(2,3)11-16-10-13-17-18-14(20-13)12-8-6-5-7-9-12/h5-9,16H,4,10-11H2,1-3H3. The molecule has 0 amide bonds. The van der Waals surface area contributed by atoms with Gasteiger partial charge >= 0.3 is 0 Å². The first-order chi connectivity index (χ1) is 9.61. The van der Waals surface area contributed by atoms with Gasteiger partial charge in [0.1, 0.15) is 0 Å². The molecule has 20 heavy (non-hydrogen) atoms. The Kier molecular flexibility index (Phi) is 4.87. The smallest absolute Gasteiger partial charge is 0.247 e. The summed E-state index contributed by atoms with van der Waals surface area (Å²) in [5, 5.41) is 11.4. The minimum absolute atomic E-state index is 0.197. The van der Waals surface area contributed by atoms with Gasteiger partial charge in [-0.15, -0.1) is 10.2 Å². The zero-order valence-electron chi connectivity index (χ0n) is 12.2. The van der Waals surface area contributed by atoms with Crippen molar-refractivity contribution in [2.75, 3.05) is 13.2 Å². The fourth-order valence-electron chi connectivity index (χ4n) is 1.93. The van der Waals surface area contributed by atoms with E-state index in [1.54, 1.807) is 0 Å². The van der Waals surface area contributed by atoms with Crippen LogP contribution in [0.25, 0.3) is 11.5 Å². The van der Waals surface area contributed by atoms with E-state index in [-0.39, 0.29) is 5.60 Å². The molecule has 0 atom stereocenters. The van der Waals surface area contributed by atoms with Crippen molar-refractivity contribution in [3.8, 4) is 11.5 Å². The Labute approximate surface area is 119 Å². The number of benzene rings is 1. The molecule has 108 valence electrons. The van der Waals surface area contributed by atoms with Gasteiger partial charge in [0.25, 0.3) is 0 Å². The van der Waals surface area contributed by atoms with E-state index in [0.717, 1.165) is 12.1 Å². The lowest BCUT2D eigenvalue weighted by Gasteiger charge is -2.24. The fourth-order valence-corrected chi connectivity index (χ4v) is 1.93. The van der Waals surface area contributed by atoms with Crippen LogP contribution in [0.2, 0.25) is 0 Å². The van der Waals surface area contributed by atoms with Crippen molar-refractivity contribution in [1.82, 2.24) is 15.5 Å². The van der Waals surface area contributed by atoms with Crippen LogP contribution >= 0.6 is 0 Å². The Morgan fingerprint density at radius 3 is 2.65 bits per heavy atom. The molecule has 0 unspecified atom stereocenters. The van der Waals surface area contributed by atoms with E-state index in [9.17, 15) is 0 Å². The molecule has 0 aliphatic heterocycles. The van der Waals surface area contributed by atoms with Crippen LogP contribution in [0, 0.1) is 0 Å². The largest absolute Gasteiger partial charge is 0.419 e. The first kappa shape index (κ1) is 14.7. The predicted octanol–water partition coefficient (Wildman–Crippen LogP) is 2.64. The topological polar surface area (TPSA) is 60.2 Å². The quantitative estimate of drug-likeness (QED) is 0.841. The molecule has 5 nitrogen and oxygen atoms in total. The molecule has 2 aromatic rings. The summed E-state index contributed by atoms with van der Waals surface area (Å²) in [6.45, 7) is 8.05. The second kappa shape index (κ2) is 6.63. The summed E-state index contributed by atoms with van der Waals surface area (Å²) >= 11 is 0. The van der Waals surface area contributed by atoms with E-state index < -0.39 is 0 Å².